The lowest BCUT2D eigenvalue weighted by molar-refractivity contribution is -0.000635. The van der Waals surface area contributed by atoms with Gasteiger partial charge in [-0.25, -0.2) is 0 Å². The van der Waals surface area contributed by atoms with Gasteiger partial charge in [0.2, 0.25) is 0 Å². The minimum absolute atomic E-state index is 0.0678. The van der Waals surface area contributed by atoms with Gasteiger partial charge in [-0.15, -0.1) is 0 Å². The third-order valence-corrected chi connectivity index (χ3v) is 7.20. The van der Waals surface area contributed by atoms with E-state index >= 15 is 0 Å². The SMILES string of the molecule is CCCCC(C1CC(C)(C)NC(C)(C)C1)C(N)(N)C1CC(C)(C)NC(C)(C)C1. The van der Waals surface area contributed by atoms with Crippen molar-refractivity contribution in [1.82, 2.24) is 10.6 Å². The van der Waals surface area contributed by atoms with Crippen LogP contribution in [0.25, 0.3) is 0 Å². The van der Waals surface area contributed by atoms with Gasteiger partial charge in [-0.2, -0.15) is 0 Å². The van der Waals surface area contributed by atoms with Crippen molar-refractivity contribution in [2.75, 3.05) is 0 Å². The van der Waals surface area contributed by atoms with Crippen LogP contribution in [0.4, 0.5) is 0 Å². The molecule has 28 heavy (non-hydrogen) atoms. The van der Waals surface area contributed by atoms with E-state index in [0.717, 1.165) is 32.1 Å². The van der Waals surface area contributed by atoms with Crippen molar-refractivity contribution in [2.24, 2.45) is 29.2 Å². The predicted molar refractivity (Wildman–Crippen MR) is 122 cm³/mol. The van der Waals surface area contributed by atoms with Crippen molar-refractivity contribution in [3.05, 3.63) is 0 Å². The Balaban J connectivity index is 2.34. The molecule has 0 aromatic heterocycles. The molecule has 2 heterocycles. The Labute approximate surface area is 175 Å². The van der Waals surface area contributed by atoms with E-state index in [1.807, 2.05) is 0 Å². The molecule has 0 saturated carbocycles. The molecule has 4 nitrogen and oxygen atoms in total. The molecule has 0 aliphatic carbocycles. The number of hydrogen-bond acceptors (Lipinski definition) is 4. The molecule has 0 radical (unpaired) electrons. The fourth-order valence-electron chi connectivity index (χ4n) is 6.98. The Morgan fingerprint density at radius 3 is 1.57 bits per heavy atom. The smallest absolute Gasteiger partial charge is 0.0698 e. The van der Waals surface area contributed by atoms with Gasteiger partial charge in [0.25, 0.3) is 0 Å². The second-order valence-corrected chi connectivity index (χ2v) is 12.8. The van der Waals surface area contributed by atoms with Crippen LogP contribution in [-0.2, 0) is 0 Å². The van der Waals surface area contributed by atoms with Crippen LogP contribution in [0, 0.1) is 17.8 Å². The summed E-state index contributed by atoms with van der Waals surface area (Å²) in [5, 5.41) is 7.64. The number of rotatable bonds is 6. The first-order valence-electron chi connectivity index (χ1n) is 11.7. The lowest BCUT2D eigenvalue weighted by atomic mass is 9.60. The third kappa shape index (κ3) is 5.93. The van der Waals surface area contributed by atoms with Gasteiger partial charge < -0.3 is 22.1 Å². The summed E-state index contributed by atoms with van der Waals surface area (Å²) in [5.41, 5.74) is 14.1. The van der Waals surface area contributed by atoms with Gasteiger partial charge in [0.1, 0.15) is 0 Å². The van der Waals surface area contributed by atoms with Crippen LogP contribution in [0.1, 0.15) is 107 Å². The van der Waals surface area contributed by atoms with Crippen LogP contribution >= 0.6 is 0 Å². The number of nitrogens with one attached hydrogen (secondary N) is 2. The summed E-state index contributed by atoms with van der Waals surface area (Å²) in [5.74, 6) is 1.26. The molecular formula is C24H50N4. The van der Waals surface area contributed by atoms with Crippen molar-refractivity contribution < 1.29 is 0 Å². The van der Waals surface area contributed by atoms with E-state index in [4.69, 9.17) is 11.5 Å². The molecule has 0 aromatic carbocycles. The van der Waals surface area contributed by atoms with E-state index in [0.29, 0.717) is 17.8 Å². The molecule has 0 amide bonds. The van der Waals surface area contributed by atoms with Crippen LogP contribution in [0.5, 0.6) is 0 Å². The highest BCUT2D eigenvalue weighted by Gasteiger charge is 2.51. The zero-order valence-electron chi connectivity index (χ0n) is 20.3. The van der Waals surface area contributed by atoms with Gasteiger partial charge in [-0.05, 0) is 105 Å². The van der Waals surface area contributed by atoms with Gasteiger partial charge in [0, 0.05) is 22.2 Å². The maximum atomic E-state index is 7.16. The summed E-state index contributed by atoms with van der Waals surface area (Å²) in [6.45, 7) is 20.8. The van der Waals surface area contributed by atoms with Gasteiger partial charge >= 0.3 is 0 Å². The standard InChI is InChI=1S/C24H50N4/c1-10-11-12-19(17-13-20(2,3)27-21(4,5)14-17)24(25,26)18-15-22(6,7)28-23(8,9)16-18/h17-19,27-28H,10-16,25-26H2,1-9H3. The first-order valence-corrected chi connectivity index (χ1v) is 11.7. The number of nitrogens with two attached hydrogens (primary N) is 2. The van der Waals surface area contributed by atoms with Crippen molar-refractivity contribution in [1.29, 1.82) is 0 Å². The highest BCUT2D eigenvalue weighted by molar-refractivity contribution is 5.08. The van der Waals surface area contributed by atoms with Crippen molar-refractivity contribution in [3.8, 4) is 0 Å². The molecule has 166 valence electrons. The highest BCUT2D eigenvalue weighted by atomic mass is 15.1. The minimum atomic E-state index is -0.625. The molecule has 0 bridgehead atoms. The molecule has 2 fully saturated rings. The molecule has 0 spiro atoms. The normalized spacial score (nSPS) is 28.8. The van der Waals surface area contributed by atoms with E-state index in [1.165, 1.54) is 12.8 Å². The van der Waals surface area contributed by atoms with E-state index < -0.39 is 5.66 Å². The van der Waals surface area contributed by atoms with Crippen molar-refractivity contribution >= 4 is 0 Å². The van der Waals surface area contributed by atoms with Crippen LogP contribution in [0.2, 0.25) is 0 Å². The topological polar surface area (TPSA) is 76.1 Å². The fraction of sp³-hybridized carbons (Fsp3) is 1.00. The molecule has 1 atom stereocenters. The van der Waals surface area contributed by atoms with Crippen LogP contribution in [0.3, 0.4) is 0 Å². The minimum Gasteiger partial charge on any atom is -0.313 e. The van der Waals surface area contributed by atoms with E-state index in [-0.39, 0.29) is 22.2 Å². The predicted octanol–water partition coefficient (Wildman–Crippen LogP) is 4.52. The summed E-state index contributed by atoms with van der Waals surface area (Å²) in [7, 11) is 0. The number of piperidine rings is 2. The second kappa shape index (κ2) is 7.83. The first kappa shape index (κ1) is 24.1. The maximum absolute atomic E-state index is 7.16. The van der Waals surface area contributed by atoms with Crippen molar-refractivity contribution in [3.63, 3.8) is 0 Å². The van der Waals surface area contributed by atoms with Crippen LogP contribution < -0.4 is 22.1 Å². The van der Waals surface area contributed by atoms with Gasteiger partial charge in [0.15, 0.2) is 0 Å². The maximum Gasteiger partial charge on any atom is 0.0698 e. The average molecular weight is 395 g/mol. The lowest BCUT2D eigenvalue weighted by Gasteiger charge is -2.56. The molecule has 6 N–H and O–H groups in total. The molecule has 4 heteroatoms. The van der Waals surface area contributed by atoms with E-state index in [1.54, 1.807) is 0 Å². The van der Waals surface area contributed by atoms with E-state index in [9.17, 15) is 0 Å². The number of unbranched alkanes of at least 4 members (excludes halogenated alkanes) is 1. The monoisotopic (exact) mass is 394 g/mol. The van der Waals surface area contributed by atoms with E-state index in [2.05, 4.69) is 72.9 Å². The Morgan fingerprint density at radius 1 is 0.786 bits per heavy atom. The Hall–Kier alpha value is -0.160. The summed E-state index contributed by atoms with van der Waals surface area (Å²) >= 11 is 0. The quantitative estimate of drug-likeness (QED) is 0.500. The Morgan fingerprint density at radius 2 is 1.18 bits per heavy atom. The second-order valence-electron chi connectivity index (χ2n) is 12.8. The summed E-state index contributed by atoms with van der Waals surface area (Å²) in [6.07, 6.45) is 7.95. The summed E-state index contributed by atoms with van der Waals surface area (Å²) in [4.78, 5) is 0. The number of hydrogen-bond donors (Lipinski definition) is 4. The highest BCUT2D eigenvalue weighted by Crippen LogP contribution is 2.46. The zero-order chi connectivity index (χ0) is 21.6. The summed E-state index contributed by atoms with van der Waals surface area (Å²) < 4.78 is 0. The van der Waals surface area contributed by atoms with Crippen LogP contribution in [0.15, 0.2) is 0 Å². The van der Waals surface area contributed by atoms with Gasteiger partial charge in [-0.1, -0.05) is 19.8 Å². The lowest BCUT2D eigenvalue weighted by Crippen LogP contribution is -2.70. The molecule has 0 aromatic rings. The molecular weight excluding hydrogens is 344 g/mol. The van der Waals surface area contributed by atoms with Crippen LogP contribution in [-0.4, -0.2) is 27.8 Å². The molecule has 2 rings (SSSR count). The van der Waals surface area contributed by atoms with Gasteiger partial charge in [-0.3, -0.25) is 0 Å². The Bertz CT molecular complexity index is 501. The molecule has 1 unspecified atom stereocenters. The third-order valence-electron chi connectivity index (χ3n) is 7.20. The van der Waals surface area contributed by atoms with Gasteiger partial charge in [0.05, 0.1) is 5.66 Å². The summed E-state index contributed by atoms with van der Waals surface area (Å²) in [6, 6.07) is 0. The zero-order valence-corrected chi connectivity index (χ0v) is 20.3. The first-order chi connectivity index (χ1) is 12.5. The Kier molecular flexibility index (Phi) is 6.74. The largest absolute Gasteiger partial charge is 0.313 e. The molecule has 2 aliphatic heterocycles. The molecule has 2 aliphatic rings. The van der Waals surface area contributed by atoms with Crippen molar-refractivity contribution in [2.45, 2.75) is 135 Å². The average Bonchev–Trinajstić information content (AvgIpc) is 2.40. The fourth-order valence-corrected chi connectivity index (χ4v) is 6.98. The molecule has 2 saturated heterocycles.